The van der Waals surface area contributed by atoms with Gasteiger partial charge in [0.1, 0.15) is 23.0 Å². The van der Waals surface area contributed by atoms with E-state index in [1.165, 1.54) is 13.8 Å². The molecule has 12 aromatic rings. The summed E-state index contributed by atoms with van der Waals surface area (Å²) in [6, 6.07) is 64.3. The molecule has 0 unspecified atom stereocenters. The molecule has 12 rings (SSSR count). The summed E-state index contributed by atoms with van der Waals surface area (Å²) < 4.78 is 258. The van der Waals surface area contributed by atoms with Gasteiger partial charge in [0.15, 0.2) is 0 Å². The summed E-state index contributed by atoms with van der Waals surface area (Å²) in [6.07, 6.45) is 14.0. The Labute approximate surface area is 663 Å². The maximum Gasteiger partial charge on any atom is 2.00 e. The molecule has 630 valence electrons. The zero-order chi connectivity index (χ0) is 86.2. The van der Waals surface area contributed by atoms with Crippen LogP contribution in [0.4, 0.5) is 101 Å². The van der Waals surface area contributed by atoms with Crippen molar-refractivity contribution in [2.24, 2.45) is 0 Å². The van der Waals surface area contributed by atoms with E-state index in [9.17, 15) is 101 Å². The van der Waals surface area contributed by atoms with Gasteiger partial charge in [-0.15, -0.1) is 0 Å². The van der Waals surface area contributed by atoms with Crippen molar-refractivity contribution < 1.29 is 153 Å². The van der Waals surface area contributed by atoms with Crippen LogP contribution in [-0.2, 0) is 33.6 Å². The van der Waals surface area contributed by atoms with Crippen LogP contribution in [0.25, 0.3) is 91.1 Å². The van der Waals surface area contributed by atoms with E-state index in [1.54, 1.807) is 90.2 Å². The molecule has 0 saturated heterocycles. The monoisotopic (exact) mass is 1830 g/mol. The summed E-state index contributed by atoms with van der Waals surface area (Å²) in [5.41, 5.74) is 12.6. The van der Waals surface area contributed by atoms with Gasteiger partial charge in [0.25, 0.3) is 0 Å². The van der Waals surface area contributed by atoms with Crippen molar-refractivity contribution in [2.75, 3.05) is 28.4 Å². The van der Waals surface area contributed by atoms with Crippen LogP contribution in [0.3, 0.4) is 0 Å². The van der Waals surface area contributed by atoms with Crippen molar-refractivity contribution in [3.63, 3.8) is 0 Å². The van der Waals surface area contributed by atoms with Gasteiger partial charge < -0.3 is 18.9 Å². The van der Waals surface area contributed by atoms with Crippen LogP contribution in [0.5, 0.6) is 23.0 Å². The maximum atomic E-state index is 9.87. The Morgan fingerprint density at radius 1 is 0.216 bits per heavy atom. The van der Waals surface area contributed by atoms with E-state index in [0.717, 1.165) is 114 Å². The third-order valence-electron chi connectivity index (χ3n) is 11.6. The molecular weight excluding hydrogens is 1770 g/mol. The van der Waals surface area contributed by atoms with Crippen LogP contribution in [0.2, 0.25) is 0 Å². The Bertz CT molecular complexity index is 4200. The Kier molecular flexibility index (Phi) is 35.2. The minimum Gasteiger partial charge on any atom is 2.00 e. The minimum atomic E-state index is -10.7. The van der Waals surface area contributed by atoms with E-state index in [-0.39, 0.29) is 33.6 Å². The van der Waals surface area contributed by atoms with Gasteiger partial charge in [-0.3, -0.25) is 39.9 Å². The van der Waals surface area contributed by atoms with Gasteiger partial charge in [-0.25, -0.2) is 19.9 Å². The molecule has 0 amide bonds. The molecule has 0 aliphatic carbocycles. The van der Waals surface area contributed by atoms with Crippen molar-refractivity contribution in [3.05, 3.63) is 244 Å². The first-order valence-corrected chi connectivity index (χ1v) is 38.6. The van der Waals surface area contributed by atoms with Crippen LogP contribution in [0.1, 0.15) is 13.8 Å². The first-order chi connectivity index (χ1) is 52.1. The van der Waals surface area contributed by atoms with Crippen LogP contribution in [-0.4, -0.2) is 88.2 Å². The van der Waals surface area contributed by atoms with Crippen LogP contribution in [0.15, 0.2) is 244 Å². The van der Waals surface area contributed by atoms with Crippen molar-refractivity contribution >= 4 is 31.2 Å². The number of aromatic nitrogens is 12. The zero-order valence-corrected chi connectivity index (χ0v) is 65.2. The summed E-state index contributed by atoms with van der Waals surface area (Å²) in [7, 11) is -36.1. The van der Waals surface area contributed by atoms with E-state index < -0.39 is 31.2 Å². The Balaban J connectivity index is 0.000000680. The third kappa shape index (κ3) is 53.9. The topological polar surface area (TPSA) is 239 Å². The van der Waals surface area contributed by atoms with E-state index in [4.69, 9.17) is 29.5 Å². The largest absolute Gasteiger partial charge is 2.00 e. The second kappa shape index (κ2) is 39.6. The zero-order valence-electron chi connectivity index (χ0n) is 59.5. The Morgan fingerprint density at radius 3 is 0.379 bits per heavy atom. The van der Waals surface area contributed by atoms with E-state index in [2.05, 4.69) is 59.8 Å². The molecule has 18 nitrogen and oxygen atoms in total. The number of hydrogen-bond acceptors (Lipinski definition) is 18. The van der Waals surface area contributed by atoms with Gasteiger partial charge in [-0.2, -0.15) is 10.5 Å². The van der Waals surface area contributed by atoms with Crippen LogP contribution in [0, 0.1) is 22.7 Å². The predicted molar refractivity (Wildman–Crippen MR) is 386 cm³/mol. The summed E-state index contributed by atoms with van der Waals surface area (Å²) in [4.78, 5) is 53.0. The molecule has 12 aromatic heterocycles. The third-order valence-corrected chi connectivity index (χ3v) is 11.6. The molecule has 0 fully saturated rings. The fourth-order valence-electron chi connectivity index (χ4n) is 7.66. The number of ether oxygens (including phenoxy) is 4. The van der Waals surface area contributed by atoms with E-state index >= 15 is 0 Å². The molecule has 0 bridgehead atoms. The van der Waals surface area contributed by atoms with Gasteiger partial charge in [0.2, 0.25) is 0 Å². The fourth-order valence-corrected chi connectivity index (χ4v) is 7.66. The first kappa shape index (κ1) is 103. The molecule has 0 aromatic carbocycles. The van der Waals surface area contributed by atoms with Crippen molar-refractivity contribution in [3.8, 4) is 126 Å². The number of nitriles is 2. The summed E-state index contributed by atoms with van der Waals surface area (Å²) >= 11 is 0. The molecule has 0 atom stereocenters. The average Bonchev–Trinajstić information content (AvgIpc) is 0.793. The summed E-state index contributed by atoms with van der Waals surface area (Å²) in [5, 5.41) is 14.6. The molecule has 0 saturated carbocycles. The van der Waals surface area contributed by atoms with Crippen molar-refractivity contribution in [1.29, 1.82) is 10.5 Å². The Morgan fingerprint density at radius 2 is 0.310 bits per heavy atom. The average molecular weight is 1830 g/mol. The Hall–Kier alpha value is -11.0. The number of nitrogens with zero attached hydrogens (tertiary/aromatic N) is 14. The molecule has 0 aliphatic rings. The standard InChI is InChI=1S/4C16H13N3O.2C2H3N.2Co.4F6P/c4*1-20-12-10-15(13-6-2-4-8-17-13)19-16(11-12)14-7-3-5-9-18-14;2*1-2-3;;;4*1-7(2,3,4,5)6/h4*2-11H,1H3;2*1H3;;;;;;/q;;;;;;2*+2;4*-1. The molecule has 0 spiro atoms. The molecule has 116 heavy (non-hydrogen) atoms. The number of halogens is 24. The van der Waals surface area contributed by atoms with E-state index in [1.807, 2.05) is 194 Å². The number of pyridine rings is 12. The second-order valence-electron chi connectivity index (χ2n) is 21.1. The predicted octanol–water partition coefficient (Wildman–Crippen LogP) is 27.4. The van der Waals surface area contributed by atoms with Gasteiger partial charge in [0.05, 0.1) is 132 Å². The number of methoxy groups -OCH3 is 4. The molecular formula is C68H58Co2F24N14O4P4. The normalized spacial score (nSPS) is 12.8. The van der Waals surface area contributed by atoms with Crippen LogP contribution >= 0.6 is 31.2 Å². The second-order valence-corrected chi connectivity index (χ2v) is 28.8. The SMILES string of the molecule is CC#N.CC#N.COc1cc(-c2ccccn2)nc(-c2ccccn2)c1.COc1cc(-c2ccccn2)nc(-c2ccccn2)c1.COc1cc(-c2ccccn2)nc(-c2ccccn2)c1.COc1cc(-c2ccccn2)nc(-c2ccccn2)c1.F[P-](F)(F)(F)(F)F.F[P-](F)(F)(F)(F)F.F[P-](F)(F)(F)(F)F.F[P-](F)(F)(F)(F)F.[Co+2].[Co+2]. The molecule has 2 radical (unpaired) electrons. The summed E-state index contributed by atoms with van der Waals surface area (Å²) in [6.45, 7) is 2.86. The van der Waals surface area contributed by atoms with Gasteiger partial charge in [-0.05, 0) is 97.1 Å². The molecule has 0 N–H and O–H groups in total. The van der Waals surface area contributed by atoms with E-state index in [0.29, 0.717) is 0 Å². The van der Waals surface area contributed by atoms with Crippen LogP contribution < -0.4 is 18.9 Å². The van der Waals surface area contributed by atoms with Crippen molar-refractivity contribution in [1.82, 2.24) is 59.8 Å². The number of rotatable bonds is 12. The first-order valence-electron chi connectivity index (χ1n) is 30.5. The molecule has 48 heteroatoms. The summed E-state index contributed by atoms with van der Waals surface area (Å²) in [5.74, 6) is 2.95. The van der Waals surface area contributed by atoms with Gasteiger partial charge in [-0.1, -0.05) is 48.5 Å². The smallest absolute Gasteiger partial charge is 2.00 e. The fraction of sp³-hybridized carbons (Fsp3) is 0.0882. The molecule has 12 heterocycles. The quantitative estimate of drug-likeness (QED) is 0.0816. The maximum absolute atomic E-state index is 10.7. The molecule has 0 aliphatic heterocycles. The minimum absolute atomic E-state index is 0. The number of hydrogen-bond donors (Lipinski definition) is 0. The van der Waals surface area contributed by atoms with Gasteiger partial charge in [0, 0.05) is 112 Å². The van der Waals surface area contributed by atoms with Gasteiger partial charge >= 0.3 is 166 Å². The van der Waals surface area contributed by atoms with Crippen molar-refractivity contribution in [2.45, 2.75) is 13.8 Å².